The Kier molecular flexibility index (Phi) is 10.3. The van der Waals surface area contributed by atoms with Crippen LogP contribution >= 0.6 is 24.0 Å². The number of aliphatic imine (C=N–C) groups is 1. The van der Waals surface area contributed by atoms with Gasteiger partial charge in [-0.25, -0.2) is 9.67 Å². The molecule has 0 radical (unpaired) electrons. The summed E-state index contributed by atoms with van der Waals surface area (Å²) < 4.78 is 13.0. The van der Waals surface area contributed by atoms with Crippen molar-refractivity contribution >= 4 is 29.9 Å². The second-order valence-corrected chi connectivity index (χ2v) is 6.42. The number of hydrogen-bond acceptors (Lipinski definition) is 4. The summed E-state index contributed by atoms with van der Waals surface area (Å²) in [5.74, 6) is 0.802. The molecule has 0 aliphatic carbocycles. The van der Waals surface area contributed by atoms with Crippen molar-refractivity contribution in [1.82, 2.24) is 20.4 Å². The van der Waals surface area contributed by atoms with Crippen molar-refractivity contribution in [3.63, 3.8) is 0 Å². The van der Waals surface area contributed by atoms with Crippen molar-refractivity contribution in [1.29, 1.82) is 0 Å². The van der Waals surface area contributed by atoms with Gasteiger partial charge in [0.05, 0.1) is 30.6 Å². The Hall–Kier alpha value is -1.65. The first-order valence-electron chi connectivity index (χ1n) is 9.66. The van der Waals surface area contributed by atoms with Crippen molar-refractivity contribution in [2.24, 2.45) is 4.99 Å². The molecule has 1 aromatic carbocycles. The van der Waals surface area contributed by atoms with E-state index in [1.807, 2.05) is 47.3 Å². The van der Waals surface area contributed by atoms with Gasteiger partial charge in [0.1, 0.15) is 0 Å². The van der Waals surface area contributed by atoms with Crippen LogP contribution in [0.3, 0.4) is 0 Å². The van der Waals surface area contributed by atoms with Gasteiger partial charge in [-0.3, -0.25) is 0 Å². The van der Waals surface area contributed by atoms with Crippen molar-refractivity contribution in [2.45, 2.75) is 32.4 Å². The van der Waals surface area contributed by atoms with Crippen LogP contribution in [0.15, 0.2) is 47.6 Å². The van der Waals surface area contributed by atoms with E-state index >= 15 is 0 Å². The van der Waals surface area contributed by atoms with Crippen LogP contribution in [-0.4, -0.2) is 54.8 Å². The van der Waals surface area contributed by atoms with Crippen LogP contribution in [0.2, 0.25) is 0 Å². The maximum absolute atomic E-state index is 5.78. The van der Waals surface area contributed by atoms with Gasteiger partial charge in [-0.15, -0.1) is 24.0 Å². The van der Waals surface area contributed by atoms with Gasteiger partial charge in [-0.05, 0) is 38.0 Å². The summed E-state index contributed by atoms with van der Waals surface area (Å²) in [7, 11) is 0. The van der Waals surface area contributed by atoms with Gasteiger partial charge in [0.2, 0.25) is 0 Å². The molecule has 7 nitrogen and oxygen atoms in total. The van der Waals surface area contributed by atoms with Crippen molar-refractivity contribution in [3.05, 3.63) is 48.3 Å². The molecule has 0 spiro atoms. The Morgan fingerprint density at radius 1 is 1.29 bits per heavy atom. The molecule has 8 heteroatoms. The molecule has 2 aromatic rings. The second-order valence-electron chi connectivity index (χ2n) is 6.42. The lowest BCUT2D eigenvalue weighted by atomic mass is 10.3. The summed E-state index contributed by atoms with van der Waals surface area (Å²) in [6.45, 7) is 6.52. The Bertz CT molecular complexity index is 702. The van der Waals surface area contributed by atoms with E-state index in [9.17, 15) is 0 Å². The zero-order valence-electron chi connectivity index (χ0n) is 16.3. The fourth-order valence-corrected chi connectivity index (χ4v) is 2.85. The number of para-hydroxylation sites is 1. The molecule has 0 amide bonds. The molecule has 1 atom stereocenters. The van der Waals surface area contributed by atoms with Gasteiger partial charge in [0.15, 0.2) is 5.96 Å². The molecule has 154 valence electrons. The number of benzene rings is 1. The summed E-state index contributed by atoms with van der Waals surface area (Å²) in [6.07, 6.45) is 4.17. The van der Waals surface area contributed by atoms with E-state index in [4.69, 9.17) is 9.47 Å². The number of ether oxygens (including phenoxy) is 2. The Labute approximate surface area is 183 Å². The average Bonchev–Trinajstić information content (AvgIpc) is 3.38. The quantitative estimate of drug-likeness (QED) is 0.240. The molecule has 1 aliphatic rings. The lowest BCUT2D eigenvalue weighted by Crippen LogP contribution is -2.38. The first-order chi connectivity index (χ1) is 13.3. The number of guanidine groups is 1. The Balaban J connectivity index is 0.00000280. The van der Waals surface area contributed by atoms with Crippen LogP contribution in [0.4, 0.5) is 0 Å². The molecule has 1 saturated heterocycles. The van der Waals surface area contributed by atoms with E-state index in [2.05, 4.69) is 27.6 Å². The minimum atomic E-state index is 0. The zero-order chi connectivity index (χ0) is 18.7. The van der Waals surface area contributed by atoms with E-state index < -0.39 is 0 Å². The first kappa shape index (κ1) is 22.6. The number of nitrogens with zero attached hydrogens (tertiary/aromatic N) is 3. The molecule has 1 aliphatic heterocycles. The van der Waals surface area contributed by atoms with Crippen LogP contribution in [0.5, 0.6) is 0 Å². The maximum Gasteiger partial charge on any atom is 0.191 e. The highest BCUT2D eigenvalue weighted by atomic mass is 127. The van der Waals surface area contributed by atoms with Gasteiger partial charge in [0, 0.05) is 32.5 Å². The van der Waals surface area contributed by atoms with Gasteiger partial charge >= 0.3 is 0 Å². The first-order valence-corrected chi connectivity index (χ1v) is 9.66. The molecule has 1 unspecified atom stereocenters. The highest BCUT2D eigenvalue weighted by molar-refractivity contribution is 14.0. The molecule has 3 rings (SSSR count). The van der Waals surface area contributed by atoms with Crippen molar-refractivity contribution in [2.75, 3.05) is 32.9 Å². The normalized spacial score (nSPS) is 16.6. The fraction of sp³-hybridized carbons (Fsp3) is 0.500. The van der Waals surface area contributed by atoms with Gasteiger partial charge in [-0.2, -0.15) is 5.10 Å². The largest absolute Gasteiger partial charge is 0.379 e. The van der Waals surface area contributed by atoms with E-state index in [0.717, 1.165) is 63.1 Å². The minimum Gasteiger partial charge on any atom is -0.379 e. The number of aromatic nitrogens is 2. The Morgan fingerprint density at radius 3 is 2.89 bits per heavy atom. The van der Waals surface area contributed by atoms with Crippen LogP contribution in [0.1, 0.15) is 25.5 Å². The van der Waals surface area contributed by atoms with Crippen LogP contribution in [-0.2, 0) is 16.0 Å². The van der Waals surface area contributed by atoms with Gasteiger partial charge < -0.3 is 20.1 Å². The molecule has 2 heterocycles. The van der Waals surface area contributed by atoms with Gasteiger partial charge in [0.25, 0.3) is 0 Å². The monoisotopic (exact) mass is 499 g/mol. The second kappa shape index (κ2) is 12.7. The summed E-state index contributed by atoms with van der Waals surface area (Å²) >= 11 is 0. The van der Waals surface area contributed by atoms with Gasteiger partial charge in [-0.1, -0.05) is 18.2 Å². The molecule has 28 heavy (non-hydrogen) atoms. The van der Waals surface area contributed by atoms with E-state index in [1.54, 1.807) is 0 Å². The predicted molar refractivity (Wildman–Crippen MR) is 122 cm³/mol. The zero-order valence-corrected chi connectivity index (χ0v) is 18.7. The Morgan fingerprint density at radius 2 is 2.14 bits per heavy atom. The number of hydrogen-bond donors (Lipinski definition) is 2. The third-order valence-electron chi connectivity index (χ3n) is 4.26. The van der Waals surface area contributed by atoms with Crippen molar-refractivity contribution in [3.8, 4) is 5.69 Å². The standard InChI is InChI=1S/C20H29N5O2.HI/c1-2-21-20(22-11-6-13-27-19-10-14-26-16-19)23-15-17-9-12-25(24-17)18-7-4-3-5-8-18;/h3-5,7-9,12,19H,2,6,10-11,13-16H2,1H3,(H2,21,22,23);1H. The summed E-state index contributed by atoms with van der Waals surface area (Å²) in [5, 5.41) is 11.2. The summed E-state index contributed by atoms with van der Waals surface area (Å²) in [5.41, 5.74) is 1.98. The van der Waals surface area contributed by atoms with E-state index in [-0.39, 0.29) is 30.1 Å². The van der Waals surface area contributed by atoms with Crippen LogP contribution < -0.4 is 10.6 Å². The number of rotatable bonds is 9. The van der Waals surface area contributed by atoms with Crippen molar-refractivity contribution < 1.29 is 9.47 Å². The lowest BCUT2D eigenvalue weighted by molar-refractivity contribution is 0.0420. The molecule has 1 fully saturated rings. The fourth-order valence-electron chi connectivity index (χ4n) is 2.85. The third-order valence-corrected chi connectivity index (χ3v) is 4.26. The third kappa shape index (κ3) is 7.40. The van der Waals surface area contributed by atoms with E-state index in [1.165, 1.54) is 0 Å². The predicted octanol–water partition coefficient (Wildman–Crippen LogP) is 2.74. The molecule has 0 saturated carbocycles. The van der Waals surface area contributed by atoms with Crippen LogP contribution in [0, 0.1) is 0 Å². The smallest absolute Gasteiger partial charge is 0.191 e. The summed E-state index contributed by atoms with van der Waals surface area (Å²) in [6, 6.07) is 12.1. The summed E-state index contributed by atoms with van der Waals surface area (Å²) in [4.78, 5) is 4.62. The molecular formula is C20H30IN5O2. The number of halogens is 1. The highest BCUT2D eigenvalue weighted by Gasteiger charge is 2.15. The lowest BCUT2D eigenvalue weighted by Gasteiger charge is -2.12. The van der Waals surface area contributed by atoms with Crippen LogP contribution in [0.25, 0.3) is 5.69 Å². The SMILES string of the molecule is CCNC(=NCc1ccn(-c2ccccc2)n1)NCCCOC1CCOC1.I. The molecule has 2 N–H and O–H groups in total. The molecular weight excluding hydrogens is 469 g/mol. The molecule has 1 aromatic heterocycles. The molecule has 0 bridgehead atoms. The minimum absolute atomic E-state index is 0. The topological polar surface area (TPSA) is 72.7 Å². The van der Waals surface area contributed by atoms with E-state index in [0.29, 0.717) is 6.54 Å². The maximum atomic E-state index is 5.78. The average molecular weight is 499 g/mol. The number of nitrogens with one attached hydrogen (secondary N) is 2. The highest BCUT2D eigenvalue weighted by Crippen LogP contribution is 2.08.